The number of rotatable bonds is 17. The van der Waals surface area contributed by atoms with Gasteiger partial charge >= 0.3 is 33.9 Å². The molecule has 8 heteroatoms. The maximum atomic E-state index is 10.4. The van der Waals surface area contributed by atoms with E-state index in [0.29, 0.717) is 19.6 Å². The van der Waals surface area contributed by atoms with Crippen LogP contribution in [0.1, 0.15) is 57.4 Å². The molecule has 183 valence electrons. The summed E-state index contributed by atoms with van der Waals surface area (Å²) in [5, 5.41) is 9.97. The third-order valence-electron chi connectivity index (χ3n) is 4.10. The van der Waals surface area contributed by atoms with Crippen molar-refractivity contribution in [1.82, 2.24) is 0 Å². The number of unbranched alkanes of at least 4 members (excludes halogenated alkanes) is 3. The Hall–Kier alpha value is -1.65. The molecule has 0 spiro atoms. The second-order valence-electron chi connectivity index (χ2n) is 6.41. The Morgan fingerprint density at radius 2 is 1.58 bits per heavy atom. The van der Waals surface area contributed by atoms with Crippen molar-refractivity contribution in [2.24, 2.45) is 0 Å². The number of carbonyl (C=O) groups excluding carboxylic acids is 1. The van der Waals surface area contributed by atoms with E-state index in [-0.39, 0.29) is 23.2 Å². The third kappa shape index (κ3) is 28.3. The van der Waals surface area contributed by atoms with Gasteiger partial charge in [-0.15, -0.1) is 0 Å². The van der Waals surface area contributed by atoms with Gasteiger partial charge in [-0.05, 0) is 50.5 Å². The zero-order valence-electron chi connectivity index (χ0n) is 18.9. The van der Waals surface area contributed by atoms with E-state index in [1.165, 1.54) is 12.0 Å². The topological polar surface area (TPSA) is 115 Å². The molecule has 0 aromatic heterocycles. The minimum atomic E-state index is -0.489. The van der Waals surface area contributed by atoms with Crippen LogP contribution < -0.4 is 0 Å². The SMILES string of the molecule is CCCCC[C@H]([CH][CH][CH][C@@H](O)CCCCOCc1ccccc1)O[C-]=O.[C-]#[O+].[C-]#[O+].[C-]#[O+].[Fe]. The molecule has 0 aliphatic heterocycles. The molecule has 0 saturated heterocycles. The van der Waals surface area contributed by atoms with Gasteiger partial charge in [-0.3, -0.25) is 0 Å². The molecule has 0 saturated carbocycles. The first-order valence-corrected chi connectivity index (χ1v) is 10.2. The van der Waals surface area contributed by atoms with Crippen molar-refractivity contribution in [2.45, 2.75) is 70.7 Å². The first-order chi connectivity index (χ1) is 15.8. The maximum absolute atomic E-state index is 10.4. The molecule has 0 fully saturated rings. The largest absolute Gasteiger partial charge is 0 e. The molecule has 1 rings (SSSR count). The molecule has 0 aliphatic rings. The number of aliphatic hydroxyl groups is 1. The smallest absolute Gasteiger partial charge is 0 e. The number of benzene rings is 1. The normalized spacial score (nSPS) is 10.7. The van der Waals surface area contributed by atoms with Gasteiger partial charge in [0.1, 0.15) is 0 Å². The average Bonchev–Trinajstić information content (AvgIpc) is 2.86. The van der Waals surface area contributed by atoms with Crippen molar-refractivity contribution in [2.75, 3.05) is 6.61 Å². The molecule has 0 aliphatic carbocycles. The fourth-order valence-corrected chi connectivity index (χ4v) is 2.59. The Balaban J connectivity index is -0.000000553. The summed E-state index contributed by atoms with van der Waals surface area (Å²) in [5.41, 5.74) is 1.18. The van der Waals surface area contributed by atoms with E-state index in [4.69, 9.17) is 23.4 Å². The number of ether oxygens (including phenoxy) is 2. The molecule has 1 aromatic rings. The van der Waals surface area contributed by atoms with Crippen LogP contribution >= 0.6 is 0 Å². The van der Waals surface area contributed by atoms with E-state index in [9.17, 15) is 9.90 Å². The van der Waals surface area contributed by atoms with Gasteiger partial charge in [0.15, 0.2) is 0 Å². The molecule has 3 radical (unpaired) electrons. The average molecular weight is 500 g/mol. The molecule has 1 N–H and O–H groups in total. The van der Waals surface area contributed by atoms with Gasteiger partial charge in [0.2, 0.25) is 0 Å². The van der Waals surface area contributed by atoms with Crippen LogP contribution in [0.5, 0.6) is 0 Å². The Morgan fingerprint density at radius 3 is 2.15 bits per heavy atom. The monoisotopic (exact) mass is 500 g/mol. The van der Waals surface area contributed by atoms with E-state index < -0.39 is 6.10 Å². The molecule has 0 bridgehead atoms. The van der Waals surface area contributed by atoms with Gasteiger partial charge in [-0.2, -0.15) is 0 Å². The first kappa shape index (κ1) is 38.6. The van der Waals surface area contributed by atoms with Gasteiger partial charge in [-0.25, -0.2) is 0 Å². The van der Waals surface area contributed by atoms with Crippen LogP contribution in [0, 0.1) is 39.2 Å². The summed E-state index contributed by atoms with van der Waals surface area (Å²) in [6, 6.07) is 10.1. The first-order valence-electron chi connectivity index (χ1n) is 10.2. The summed E-state index contributed by atoms with van der Waals surface area (Å²) in [5.74, 6) is 0. The quantitative estimate of drug-likeness (QED) is 0.149. The summed E-state index contributed by atoms with van der Waals surface area (Å²) >= 11 is 0. The van der Waals surface area contributed by atoms with Crippen molar-refractivity contribution >= 4 is 6.47 Å². The van der Waals surface area contributed by atoms with Crippen LogP contribution in [0.3, 0.4) is 0 Å². The molecule has 0 heterocycles. The molecule has 0 unspecified atom stereocenters. The summed E-state index contributed by atoms with van der Waals surface area (Å²) in [6.45, 7) is 18.5. The van der Waals surface area contributed by atoms with Crippen LogP contribution in [0.2, 0.25) is 0 Å². The van der Waals surface area contributed by atoms with Crippen molar-refractivity contribution in [3.63, 3.8) is 0 Å². The standard InChI is InChI=1S/C22H32O4.3CO.Fe/c1-2-3-5-15-22(26-19-23)16-10-14-21(24)13-8-9-17-25-18-20-11-6-4-7-12-20;3*1-2;/h4,6-7,10-12,14,16,21-22,24H,2-3,5,8-9,13,15,17-18H2,1H3;;;;/q-1;;;;/t21-,22+;;;;/m0..../s1. The number of hydrogen-bond donors (Lipinski definition) is 1. The minimum absolute atomic E-state index is 0. The van der Waals surface area contributed by atoms with Gasteiger partial charge in [0.05, 0.1) is 18.8 Å². The molecule has 2 atom stereocenters. The van der Waals surface area contributed by atoms with Crippen LogP contribution in [0.15, 0.2) is 30.3 Å². The Morgan fingerprint density at radius 1 is 0.970 bits per heavy atom. The fourth-order valence-electron chi connectivity index (χ4n) is 2.59. The van der Waals surface area contributed by atoms with E-state index in [1.54, 1.807) is 12.8 Å². The van der Waals surface area contributed by atoms with Crippen molar-refractivity contribution in [3.8, 4) is 0 Å². The summed E-state index contributed by atoms with van der Waals surface area (Å²) in [4.78, 5) is 10.4. The van der Waals surface area contributed by atoms with Gasteiger partial charge in [0, 0.05) is 30.1 Å². The summed E-state index contributed by atoms with van der Waals surface area (Å²) in [6.07, 6.45) is 11.2. The zero-order valence-corrected chi connectivity index (χ0v) is 20.0. The second kappa shape index (κ2) is 35.0. The van der Waals surface area contributed by atoms with Crippen LogP contribution in [-0.4, -0.2) is 30.4 Å². The predicted octanol–water partition coefficient (Wildman–Crippen LogP) is 4.26. The van der Waals surface area contributed by atoms with E-state index in [1.807, 2.05) is 36.8 Å². The van der Waals surface area contributed by atoms with Crippen molar-refractivity contribution in [3.05, 3.63) is 75.1 Å². The van der Waals surface area contributed by atoms with Gasteiger partial charge in [-0.1, -0.05) is 56.6 Å². The molecule has 33 heavy (non-hydrogen) atoms. The minimum Gasteiger partial charge on any atom is 0 e. The fraction of sp³-hybridized carbons (Fsp3) is 0.480. The van der Waals surface area contributed by atoms with Crippen molar-refractivity contribution < 1.29 is 50.4 Å². The Labute approximate surface area is 209 Å². The van der Waals surface area contributed by atoms with Gasteiger partial charge in [0.25, 0.3) is 0 Å². The van der Waals surface area contributed by atoms with Crippen molar-refractivity contribution in [1.29, 1.82) is 0 Å². The van der Waals surface area contributed by atoms with Crippen LogP contribution in [0.4, 0.5) is 0 Å². The summed E-state index contributed by atoms with van der Waals surface area (Å²) in [7, 11) is 0. The molecule has 7 nitrogen and oxygen atoms in total. The van der Waals surface area contributed by atoms with Crippen LogP contribution in [-0.2, 0) is 51.9 Å². The van der Waals surface area contributed by atoms with Crippen LogP contribution in [0.25, 0.3) is 0 Å². The Bertz CT molecular complexity index is 547. The van der Waals surface area contributed by atoms with Gasteiger partial charge < -0.3 is 19.4 Å². The van der Waals surface area contributed by atoms with E-state index >= 15 is 0 Å². The Kier molecular flexibility index (Phi) is 40.9. The molecule has 1 aromatic carbocycles. The second-order valence-corrected chi connectivity index (χ2v) is 6.41. The maximum Gasteiger partial charge on any atom is 0 e. The molecule has 0 amide bonds. The zero-order chi connectivity index (χ0) is 24.9. The summed E-state index contributed by atoms with van der Waals surface area (Å²) < 4.78 is 33.1. The predicted molar refractivity (Wildman–Crippen MR) is 115 cm³/mol. The number of aliphatic hydroxyl groups excluding tert-OH is 1. The molecular weight excluding hydrogens is 468 g/mol. The van der Waals surface area contributed by atoms with E-state index in [0.717, 1.165) is 38.5 Å². The molecular formula is C25H32FeO7-. The third-order valence-corrected chi connectivity index (χ3v) is 4.10. The number of hydrogen-bond acceptors (Lipinski definition) is 4. The van der Waals surface area contributed by atoms with E-state index in [2.05, 4.69) is 26.9 Å².